The summed E-state index contributed by atoms with van der Waals surface area (Å²) in [7, 11) is -3.67. The molecule has 0 unspecified atom stereocenters. The van der Waals surface area contributed by atoms with Gasteiger partial charge in [0.1, 0.15) is 6.54 Å². The maximum atomic E-state index is 12.4. The van der Waals surface area contributed by atoms with Crippen LogP contribution in [0.15, 0.2) is 36.4 Å². The first-order chi connectivity index (χ1) is 12.1. The normalized spacial score (nSPS) is 11.3. The van der Waals surface area contributed by atoms with E-state index < -0.39 is 15.9 Å². The smallest absolute Gasteiger partial charge is 0.241 e. The summed E-state index contributed by atoms with van der Waals surface area (Å²) in [6.45, 7) is 5.62. The lowest BCUT2D eigenvalue weighted by Crippen LogP contribution is -2.40. The van der Waals surface area contributed by atoms with Gasteiger partial charge in [-0.25, -0.2) is 8.42 Å². The number of amides is 1. The number of anilines is 1. The molecule has 5 nitrogen and oxygen atoms in total. The van der Waals surface area contributed by atoms with Crippen LogP contribution >= 0.6 is 11.6 Å². The Balaban J connectivity index is 2.22. The minimum absolute atomic E-state index is 0.305. The second-order valence-corrected chi connectivity index (χ2v) is 8.70. The molecular weight excluding hydrogens is 372 g/mol. The number of sulfonamides is 1. The van der Waals surface area contributed by atoms with Gasteiger partial charge in [-0.1, -0.05) is 41.9 Å². The summed E-state index contributed by atoms with van der Waals surface area (Å²) < 4.78 is 25.6. The third kappa shape index (κ3) is 4.99. The van der Waals surface area contributed by atoms with Crippen molar-refractivity contribution in [2.75, 3.05) is 17.1 Å². The molecule has 2 aromatic carbocycles. The van der Waals surface area contributed by atoms with Gasteiger partial charge in [0.05, 0.1) is 17.0 Å². The van der Waals surface area contributed by atoms with Crippen LogP contribution in [-0.4, -0.2) is 27.1 Å². The van der Waals surface area contributed by atoms with Crippen molar-refractivity contribution in [3.63, 3.8) is 0 Å². The molecule has 26 heavy (non-hydrogen) atoms. The van der Waals surface area contributed by atoms with Gasteiger partial charge >= 0.3 is 0 Å². The summed E-state index contributed by atoms with van der Waals surface area (Å²) in [5, 5.41) is 3.08. The number of benzene rings is 2. The van der Waals surface area contributed by atoms with Gasteiger partial charge in [-0.3, -0.25) is 9.10 Å². The first-order valence-electron chi connectivity index (χ1n) is 8.15. The van der Waals surface area contributed by atoms with Crippen molar-refractivity contribution in [1.29, 1.82) is 0 Å². The lowest BCUT2D eigenvalue weighted by molar-refractivity contribution is -0.119. The quantitative estimate of drug-likeness (QED) is 0.817. The Morgan fingerprint density at radius 1 is 1.12 bits per heavy atom. The molecule has 0 radical (unpaired) electrons. The van der Waals surface area contributed by atoms with E-state index in [0.717, 1.165) is 27.3 Å². The topological polar surface area (TPSA) is 66.5 Å². The van der Waals surface area contributed by atoms with Gasteiger partial charge < -0.3 is 5.32 Å². The predicted molar refractivity (Wildman–Crippen MR) is 106 cm³/mol. The number of halogens is 1. The minimum Gasteiger partial charge on any atom is -0.350 e. The summed E-state index contributed by atoms with van der Waals surface area (Å²) in [5.74, 6) is -0.394. The van der Waals surface area contributed by atoms with E-state index in [-0.39, 0.29) is 6.54 Å². The fourth-order valence-corrected chi connectivity index (χ4v) is 4.17. The van der Waals surface area contributed by atoms with Crippen molar-refractivity contribution in [1.82, 2.24) is 5.32 Å². The number of hydrogen-bond donors (Lipinski definition) is 1. The van der Waals surface area contributed by atoms with Crippen LogP contribution in [0, 0.1) is 20.8 Å². The van der Waals surface area contributed by atoms with Crippen molar-refractivity contribution in [2.45, 2.75) is 27.3 Å². The van der Waals surface area contributed by atoms with Crippen LogP contribution in [0.4, 0.5) is 5.69 Å². The molecule has 0 aliphatic heterocycles. The lowest BCUT2D eigenvalue weighted by atomic mass is 10.1. The van der Waals surface area contributed by atoms with Gasteiger partial charge in [-0.05, 0) is 49.1 Å². The van der Waals surface area contributed by atoms with Crippen molar-refractivity contribution >= 4 is 33.2 Å². The standard InChI is InChI=1S/C19H23ClN2O3S/c1-13-9-15(3)19(17(20)10-13)22(26(4,24)25)12-18(23)21-11-16-8-6-5-7-14(16)2/h5-10H,11-12H2,1-4H3,(H,21,23). The zero-order chi connectivity index (χ0) is 19.5. The number of carbonyl (C=O) groups is 1. The molecule has 140 valence electrons. The van der Waals surface area contributed by atoms with E-state index >= 15 is 0 Å². The van der Waals surface area contributed by atoms with Gasteiger partial charge in [-0.15, -0.1) is 0 Å². The zero-order valence-electron chi connectivity index (χ0n) is 15.3. The number of nitrogens with zero attached hydrogens (tertiary/aromatic N) is 1. The lowest BCUT2D eigenvalue weighted by Gasteiger charge is -2.25. The van der Waals surface area contributed by atoms with Crippen LogP contribution in [0.3, 0.4) is 0 Å². The molecule has 0 fully saturated rings. The SMILES string of the molecule is Cc1cc(C)c(N(CC(=O)NCc2ccccc2C)S(C)(=O)=O)c(Cl)c1. The summed E-state index contributed by atoms with van der Waals surface area (Å²) in [6.07, 6.45) is 1.07. The highest BCUT2D eigenvalue weighted by molar-refractivity contribution is 7.92. The van der Waals surface area contributed by atoms with E-state index in [1.807, 2.05) is 44.2 Å². The van der Waals surface area contributed by atoms with Crippen LogP contribution in [-0.2, 0) is 21.4 Å². The van der Waals surface area contributed by atoms with E-state index in [9.17, 15) is 13.2 Å². The molecule has 0 spiro atoms. The summed E-state index contributed by atoms with van der Waals surface area (Å²) >= 11 is 6.27. The molecule has 2 aromatic rings. The van der Waals surface area contributed by atoms with Gasteiger partial charge in [0.2, 0.25) is 15.9 Å². The largest absolute Gasteiger partial charge is 0.350 e. The highest BCUT2D eigenvalue weighted by Crippen LogP contribution is 2.32. The van der Waals surface area contributed by atoms with Crippen LogP contribution in [0.2, 0.25) is 5.02 Å². The number of nitrogens with one attached hydrogen (secondary N) is 1. The minimum atomic E-state index is -3.67. The monoisotopic (exact) mass is 394 g/mol. The number of hydrogen-bond acceptors (Lipinski definition) is 3. The Bertz CT molecular complexity index is 903. The molecule has 1 N–H and O–H groups in total. The number of rotatable bonds is 6. The Labute approximate surface area is 160 Å². The van der Waals surface area contributed by atoms with Gasteiger partial charge in [0.25, 0.3) is 0 Å². The van der Waals surface area contributed by atoms with Crippen molar-refractivity contribution in [2.24, 2.45) is 0 Å². The average Bonchev–Trinajstić information content (AvgIpc) is 2.51. The molecule has 7 heteroatoms. The first-order valence-corrected chi connectivity index (χ1v) is 10.4. The molecule has 0 aliphatic rings. The van der Waals surface area contributed by atoms with Crippen LogP contribution in [0.1, 0.15) is 22.3 Å². The van der Waals surface area contributed by atoms with Crippen molar-refractivity contribution in [3.8, 4) is 0 Å². The second-order valence-electron chi connectivity index (χ2n) is 6.39. The van der Waals surface area contributed by atoms with Crippen molar-refractivity contribution in [3.05, 3.63) is 63.7 Å². The van der Waals surface area contributed by atoms with E-state index in [0.29, 0.717) is 22.8 Å². The van der Waals surface area contributed by atoms with E-state index in [4.69, 9.17) is 11.6 Å². The van der Waals surface area contributed by atoms with Gasteiger partial charge in [0.15, 0.2) is 0 Å². The van der Waals surface area contributed by atoms with Crippen LogP contribution < -0.4 is 9.62 Å². The molecule has 0 aliphatic carbocycles. The highest BCUT2D eigenvalue weighted by Gasteiger charge is 2.24. The van der Waals surface area contributed by atoms with Gasteiger partial charge in [0, 0.05) is 6.54 Å². The van der Waals surface area contributed by atoms with Gasteiger partial charge in [-0.2, -0.15) is 0 Å². The maximum Gasteiger partial charge on any atom is 0.241 e. The van der Waals surface area contributed by atoms with Crippen LogP contribution in [0.25, 0.3) is 0 Å². The predicted octanol–water partition coefficient (Wildman–Crippen LogP) is 3.35. The summed E-state index contributed by atoms with van der Waals surface area (Å²) in [5.41, 5.74) is 4.01. The third-order valence-corrected chi connectivity index (χ3v) is 5.47. The molecule has 0 heterocycles. The molecule has 0 atom stereocenters. The molecule has 0 bridgehead atoms. The van der Waals surface area contributed by atoms with E-state index in [1.54, 1.807) is 13.0 Å². The Kier molecular flexibility index (Phi) is 6.31. The molecular formula is C19H23ClN2O3S. The molecule has 1 amide bonds. The first kappa shape index (κ1) is 20.3. The number of aryl methyl sites for hydroxylation is 3. The fraction of sp³-hybridized carbons (Fsp3) is 0.316. The van der Waals surface area contributed by atoms with Crippen LogP contribution in [0.5, 0.6) is 0 Å². The average molecular weight is 395 g/mol. The van der Waals surface area contributed by atoms with Crippen molar-refractivity contribution < 1.29 is 13.2 Å². The second kappa shape index (κ2) is 8.10. The Morgan fingerprint density at radius 2 is 1.77 bits per heavy atom. The molecule has 2 rings (SSSR count). The van der Waals surface area contributed by atoms with E-state index in [2.05, 4.69) is 5.32 Å². The highest BCUT2D eigenvalue weighted by atomic mass is 35.5. The Hall–Kier alpha value is -2.05. The molecule has 0 aromatic heterocycles. The Morgan fingerprint density at radius 3 is 2.35 bits per heavy atom. The summed E-state index contributed by atoms with van der Waals surface area (Å²) in [6, 6.07) is 11.2. The molecule has 0 saturated heterocycles. The number of carbonyl (C=O) groups excluding carboxylic acids is 1. The summed E-state index contributed by atoms with van der Waals surface area (Å²) in [4.78, 5) is 12.4. The van der Waals surface area contributed by atoms with E-state index in [1.165, 1.54) is 0 Å². The third-order valence-electron chi connectivity index (χ3n) is 4.07. The fourth-order valence-electron chi connectivity index (χ4n) is 2.77. The molecule has 0 saturated carbocycles. The maximum absolute atomic E-state index is 12.4. The zero-order valence-corrected chi connectivity index (χ0v) is 16.9.